The molecule has 0 aromatic heterocycles. The highest BCUT2D eigenvalue weighted by Gasteiger charge is 2.06. The van der Waals surface area contributed by atoms with Gasteiger partial charge in [-0.15, -0.1) is 0 Å². The van der Waals surface area contributed by atoms with E-state index in [2.05, 4.69) is 4.72 Å². The fourth-order valence-electron chi connectivity index (χ4n) is 1.40. The number of aryl methyl sites for hydroxylation is 1. The average Bonchev–Trinajstić information content (AvgIpc) is 2.22. The third-order valence-corrected chi connectivity index (χ3v) is 3.92. The van der Waals surface area contributed by atoms with E-state index in [-0.39, 0.29) is 4.90 Å². The molecule has 8 heteroatoms. The third-order valence-electron chi connectivity index (χ3n) is 2.26. The maximum absolute atomic E-state index is 11.0. The molecule has 0 aliphatic rings. The van der Waals surface area contributed by atoms with Crippen molar-refractivity contribution in [1.82, 2.24) is 4.72 Å². The minimum absolute atomic E-state index is 0.0699. The van der Waals surface area contributed by atoms with Gasteiger partial charge < -0.3 is 0 Å². The summed E-state index contributed by atoms with van der Waals surface area (Å²) in [5.74, 6) is 0. The molecule has 0 aliphatic carbocycles. The van der Waals surface area contributed by atoms with Crippen molar-refractivity contribution in [3.05, 3.63) is 29.8 Å². The van der Waals surface area contributed by atoms with Gasteiger partial charge in [-0.25, -0.2) is 26.7 Å². The molecule has 0 saturated heterocycles. The Morgan fingerprint density at radius 1 is 1.11 bits per heavy atom. The number of nitrogens with two attached hydrogens (primary N) is 1. The molecule has 0 amide bonds. The van der Waals surface area contributed by atoms with E-state index in [1.165, 1.54) is 12.1 Å². The Bertz CT molecular complexity index is 591. The Kier molecular flexibility index (Phi) is 4.85. The van der Waals surface area contributed by atoms with Crippen molar-refractivity contribution >= 4 is 20.0 Å². The highest BCUT2D eigenvalue weighted by atomic mass is 32.2. The van der Waals surface area contributed by atoms with Gasteiger partial charge in [0, 0.05) is 6.54 Å². The van der Waals surface area contributed by atoms with Crippen LogP contribution in [-0.4, -0.2) is 29.6 Å². The first-order chi connectivity index (χ1) is 8.18. The number of nitrogens with one attached hydrogen (secondary N) is 1. The van der Waals surface area contributed by atoms with Gasteiger partial charge in [0.15, 0.2) is 0 Å². The molecule has 0 radical (unpaired) electrons. The van der Waals surface area contributed by atoms with E-state index < -0.39 is 20.0 Å². The SMILES string of the molecule is CS(=O)(=O)NCCCc1ccc(S(N)(=O)=O)cc1. The number of hydrogen-bond acceptors (Lipinski definition) is 4. The molecule has 6 nitrogen and oxygen atoms in total. The van der Waals surface area contributed by atoms with E-state index in [1.54, 1.807) is 12.1 Å². The molecule has 3 N–H and O–H groups in total. The molecule has 0 unspecified atom stereocenters. The van der Waals surface area contributed by atoms with Crippen molar-refractivity contribution in [1.29, 1.82) is 0 Å². The molecule has 1 aromatic carbocycles. The molecular weight excluding hydrogens is 276 g/mol. The molecule has 0 spiro atoms. The lowest BCUT2D eigenvalue weighted by Gasteiger charge is -2.04. The van der Waals surface area contributed by atoms with Gasteiger partial charge in [0.2, 0.25) is 20.0 Å². The van der Waals surface area contributed by atoms with E-state index in [4.69, 9.17) is 5.14 Å². The highest BCUT2D eigenvalue weighted by molar-refractivity contribution is 7.89. The Hall–Kier alpha value is -0.960. The van der Waals surface area contributed by atoms with Crippen LogP contribution >= 0.6 is 0 Å². The van der Waals surface area contributed by atoms with E-state index in [0.29, 0.717) is 19.4 Å². The highest BCUT2D eigenvalue weighted by Crippen LogP contribution is 2.10. The lowest BCUT2D eigenvalue weighted by Crippen LogP contribution is -2.23. The number of rotatable bonds is 6. The van der Waals surface area contributed by atoms with Crippen LogP contribution in [0.4, 0.5) is 0 Å². The molecule has 0 atom stereocenters. The summed E-state index contributed by atoms with van der Waals surface area (Å²) in [5, 5.41) is 4.97. The molecule has 0 heterocycles. The van der Waals surface area contributed by atoms with Crippen molar-refractivity contribution in [2.24, 2.45) is 5.14 Å². The fraction of sp³-hybridized carbons (Fsp3) is 0.400. The lowest BCUT2D eigenvalue weighted by atomic mass is 10.1. The molecular formula is C10H16N2O4S2. The van der Waals surface area contributed by atoms with Gasteiger partial charge in [-0.1, -0.05) is 12.1 Å². The fourth-order valence-corrected chi connectivity index (χ4v) is 2.43. The molecule has 0 saturated carbocycles. The maximum Gasteiger partial charge on any atom is 0.238 e. The van der Waals surface area contributed by atoms with E-state index >= 15 is 0 Å². The molecule has 0 fully saturated rings. The van der Waals surface area contributed by atoms with E-state index in [0.717, 1.165) is 11.8 Å². The Labute approximate surface area is 107 Å². The number of hydrogen-bond donors (Lipinski definition) is 2. The second-order valence-corrected chi connectivity index (χ2v) is 7.35. The van der Waals surface area contributed by atoms with E-state index in [1.807, 2.05) is 0 Å². The van der Waals surface area contributed by atoms with Crippen LogP contribution in [0.25, 0.3) is 0 Å². The monoisotopic (exact) mass is 292 g/mol. The second kappa shape index (κ2) is 5.79. The smallest absolute Gasteiger partial charge is 0.225 e. The summed E-state index contributed by atoms with van der Waals surface area (Å²) in [7, 11) is -6.81. The van der Waals surface area contributed by atoms with Gasteiger partial charge in [-0.3, -0.25) is 0 Å². The largest absolute Gasteiger partial charge is 0.238 e. The summed E-state index contributed by atoms with van der Waals surface area (Å²) in [6.07, 6.45) is 2.41. The van der Waals surface area contributed by atoms with Gasteiger partial charge in [0.25, 0.3) is 0 Å². The average molecular weight is 292 g/mol. The predicted molar refractivity (Wildman–Crippen MR) is 69.0 cm³/mol. The standard InChI is InChI=1S/C10H16N2O4S2/c1-17(13,14)12-8-2-3-9-4-6-10(7-5-9)18(11,15)16/h4-7,12H,2-3,8H2,1H3,(H2,11,15,16). The van der Waals surface area contributed by atoms with Crippen LogP contribution in [0, 0.1) is 0 Å². The topological polar surface area (TPSA) is 106 Å². The third kappa shape index (κ3) is 5.58. The Balaban J connectivity index is 2.50. The Morgan fingerprint density at radius 3 is 2.11 bits per heavy atom. The minimum Gasteiger partial charge on any atom is -0.225 e. The summed E-state index contributed by atoms with van der Waals surface area (Å²) in [4.78, 5) is 0.0699. The number of sulfonamides is 2. The summed E-state index contributed by atoms with van der Waals surface area (Å²) in [5.41, 5.74) is 0.928. The summed E-state index contributed by atoms with van der Waals surface area (Å²) >= 11 is 0. The number of benzene rings is 1. The first kappa shape index (κ1) is 15.1. The summed E-state index contributed by atoms with van der Waals surface area (Å²) in [6, 6.07) is 6.21. The van der Waals surface area contributed by atoms with E-state index in [9.17, 15) is 16.8 Å². The van der Waals surface area contributed by atoms with Gasteiger partial charge in [0.1, 0.15) is 0 Å². The molecule has 102 valence electrons. The molecule has 18 heavy (non-hydrogen) atoms. The lowest BCUT2D eigenvalue weighted by molar-refractivity contribution is 0.584. The van der Waals surface area contributed by atoms with Gasteiger partial charge in [0.05, 0.1) is 11.2 Å². The molecule has 1 rings (SSSR count). The Morgan fingerprint density at radius 2 is 1.67 bits per heavy atom. The van der Waals surface area contributed by atoms with Crippen LogP contribution in [0.15, 0.2) is 29.2 Å². The maximum atomic E-state index is 11.0. The van der Waals surface area contributed by atoms with Crippen LogP contribution in [-0.2, 0) is 26.5 Å². The normalized spacial score (nSPS) is 12.6. The quantitative estimate of drug-likeness (QED) is 0.709. The predicted octanol–water partition coefficient (Wildman–Crippen LogP) is -0.184. The zero-order valence-electron chi connectivity index (χ0n) is 9.96. The van der Waals surface area contributed by atoms with Crippen LogP contribution in [0.2, 0.25) is 0 Å². The van der Waals surface area contributed by atoms with Crippen LogP contribution in [0.5, 0.6) is 0 Å². The van der Waals surface area contributed by atoms with Crippen LogP contribution in [0.3, 0.4) is 0 Å². The number of primary sulfonamides is 1. The molecule has 0 bridgehead atoms. The summed E-state index contributed by atoms with van der Waals surface area (Å²) < 4.78 is 46.0. The van der Waals surface area contributed by atoms with Crippen LogP contribution in [0.1, 0.15) is 12.0 Å². The van der Waals surface area contributed by atoms with Crippen molar-refractivity contribution in [2.45, 2.75) is 17.7 Å². The van der Waals surface area contributed by atoms with Crippen LogP contribution < -0.4 is 9.86 Å². The van der Waals surface area contributed by atoms with Gasteiger partial charge in [-0.2, -0.15) is 0 Å². The first-order valence-electron chi connectivity index (χ1n) is 5.25. The zero-order valence-corrected chi connectivity index (χ0v) is 11.6. The zero-order chi connectivity index (χ0) is 13.8. The van der Waals surface area contributed by atoms with Gasteiger partial charge >= 0.3 is 0 Å². The molecule has 1 aromatic rings. The van der Waals surface area contributed by atoms with Gasteiger partial charge in [-0.05, 0) is 30.5 Å². The van der Waals surface area contributed by atoms with Crippen molar-refractivity contribution in [3.8, 4) is 0 Å². The second-order valence-electron chi connectivity index (χ2n) is 3.96. The summed E-state index contributed by atoms with van der Waals surface area (Å²) in [6.45, 7) is 0.357. The first-order valence-corrected chi connectivity index (χ1v) is 8.69. The van der Waals surface area contributed by atoms with Crippen molar-refractivity contribution in [3.63, 3.8) is 0 Å². The minimum atomic E-state index is -3.66. The molecule has 0 aliphatic heterocycles. The van der Waals surface area contributed by atoms with Crippen molar-refractivity contribution < 1.29 is 16.8 Å². The van der Waals surface area contributed by atoms with Crippen molar-refractivity contribution in [2.75, 3.05) is 12.8 Å².